The first kappa shape index (κ1) is 14.9. The van der Waals surface area contributed by atoms with Crippen LogP contribution in [0.15, 0.2) is 58.7 Å². The number of fused-ring (bicyclic) bond motifs is 1. The van der Waals surface area contributed by atoms with Crippen molar-refractivity contribution in [3.63, 3.8) is 0 Å². The van der Waals surface area contributed by atoms with Crippen LogP contribution >= 0.6 is 0 Å². The van der Waals surface area contributed by atoms with Gasteiger partial charge in [0.05, 0.1) is 11.8 Å². The summed E-state index contributed by atoms with van der Waals surface area (Å²) < 4.78 is 5.46. The minimum atomic E-state index is 0.623. The van der Waals surface area contributed by atoms with Gasteiger partial charge in [0.2, 0.25) is 0 Å². The van der Waals surface area contributed by atoms with Crippen molar-refractivity contribution in [2.24, 2.45) is 0 Å². The molecule has 2 heterocycles. The average molecular weight is 319 g/mol. The Labute approximate surface area is 141 Å². The molecular formula is C20H21N3O. The Bertz CT molecular complexity index is 852. The van der Waals surface area contributed by atoms with E-state index in [4.69, 9.17) is 9.40 Å². The fourth-order valence-electron chi connectivity index (χ4n) is 3.20. The van der Waals surface area contributed by atoms with E-state index in [-0.39, 0.29) is 0 Å². The molecule has 0 unspecified atom stereocenters. The Morgan fingerprint density at radius 3 is 2.83 bits per heavy atom. The first-order valence-electron chi connectivity index (χ1n) is 8.62. The summed E-state index contributed by atoms with van der Waals surface area (Å²) in [5.74, 6) is 2.19. The van der Waals surface area contributed by atoms with E-state index in [2.05, 4.69) is 22.4 Å². The zero-order chi connectivity index (χ0) is 16.2. The van der Waals surface area contributed by atoms with Crippen LogP contribution in [0.5, 0.6) is 0 Å². The lowest BCUT2D eigenvalue weighted by molar-refractivity contribution is 0.577. The Balaban J connectivity index is 1.59. The summed E-state index contributed by atoms with van der Waals surface area (Å²) in [7, 11) is 0. The van der Waals surface area contributed by atoms with Crippen LogP contribution < -0.4 is 5.32 Å². The molecule has 4 heteroatoms. The summed E-state index contributed by atoms with van der Waals surface area (Å²) in [6, 6.07) is 11.8. The molecule has 0 spiro atoms. The summed E-state index contributed by atoms with van der Waals surface area (Å²) in [4.78, 5) is 9.31. The minimum Gasteiger partial charge on any atom is -0.461 e. The maximum Gasteiger partial charge on any atom is 0.198 e. The summed E-state index contributed by atoms with van der Waals surface area (Å²) in [5.41, 5.74) is 2.50. The lowest BCUT2D eigenvalue weighted by atomic mass is 9.97. The van der Waals surface area contributed by atoms with E-state index in [0.717, 1.165) is 29.7 Å². The number of hydrogen-bond donors (Lipinski definition) is 1. The van der Waals surface area contributed by atoms with Gasteiger partial charge in [-0.25, -0.2) is 9.97 Å². The van der Waals surface area contributed by atoms with Crippen LogP contribution in [0.25, 0.3) is 22.5 Å². The first-order valence-corrected chi connectivity index (χ1v) is 8.62. The number of allylic oxidation sites excluding steroid dienone is 1. The Morgan fingerprint density at radius 2 is 2.00 bits per heavy atom. The molecule has 0 bridgehead atoms. The number of benzene rings is 1. The van der Waals surface area contributed by atoms with Crippen LogP contribution in [0.3, 0.4) is 0 Å². The molecule has 0 radical (unpaired) electrons. The normalized spacial score (nSPS) is 14.6. The Hall–Kier alpha value is -2.62. The van der Waals surface area contributed by atoms with Crippen LogP contribution in [0.1, 0.15) is 32.1 Å². The predicted molar refractivity (Wildman–Crippen MR) is 96.9 cm³/mol. The molecule has 1 aliphatic carbocycles. The molecule has 0 aliphatic heterocycles. The highest BCUT2D eigenvalue weighted by atomic mass is 16.3. The molecule has 0 amide bonds. The van der Waals surface area contributed by atoms with Gasteiger partial charge in [0.25, 0.3) is 0 Å². The lowest BCUT2D eigenvalue weighted by Gasteiger charge is -2.14. The van der Waals surface area contributed by atoms with Gasteiger partial charge in [-0.05, 0) is 56.4 Å². The van der Waals surface area contributed by atoms with Crippen molar-refractivity contribution in [3.8, 4) is 11.6 Å². The SMILES string of the molecule is C1=C(CCNc2nc(-c3ccco3)nc3ccccc23)CCCC1. The van der Waals surface area contributed by atoms with Gasteiger partial charge in [-0.1, -0.05) is 23.8 Å². The van der Waals surface area contributed by atoms with Gasteiger partial charge in [0, 0.05) is 11.9 Å². The standard InChI is InChI=1S/C20H21N3O/c1-2-7-15(8-3-1)12-13-21-19-16-9-4-5-10-17(16)22-20(23-19)18-11-6-14-24-18/h4-7,9-11,14H,1-3,8,12-13H2,(H,21,22,23). The van der Waals surface area contributed by atoms with Crippen LogP contribution in [0, 0.1) is 0 Å². The number of furan rings is 1. The van der Waals surface area contributed by atoms with Crippen molar-refractivity contribution in [1.82, 2.24) is 9.97 Å². The number of nitrogens with one attached hydrogen (secondary N) is 1. The molecule has 4 rings (SSSR count). The number of aromatic nitrogens is 2. The van der Waals surface area contributed by atoms with E-state index in [9.17, 15) is 0 Å². The molecule has 1 aromatic carbocycles. The van der Waals surface area contributed by atoms with Crippen molar-refractivity contribution < 1.29 is 4.42 Å². The highest BCUT2D eigenvalue weighted by Gasteiger charge is 2.11. The van der Waals surface area contributed by atoms with E-state index < -0.39 is 0 Å². The molecule has 122 valence electrons. The highest BCUT2D eigenvalue weighted by Crippen LogP contribution is 2.26. The summed E-state index contributed by atoms with van der Waals surface area (Å²) >= 11 is 0. The molecule has 0 atom stereocenters. The van der Waals surface area contributed by atoms with E-state index in [1.807, 2.05) is 30.3 Å². The van der Waals surface area contributed by atoms with E-state index in [1.165, 1.54) is 25.7 Å². The summed E-state index contributed by atoms with van der Waals surface area (Å²) in [6.07, 6.45) is 10.3. The Morgan fingerprint density at radius 1 is 1.04 bits per heavy atom. The molecular weight excluding hydrogens is 298 g/mol. The molecule has 2 aromatic heterocycles. The van der Waals surface area contributed by atoms with Crippen LogP contribution in [0.4, 0.5) is 5.82 Å². The number of anilines is 1. The van der Waals surface area contributed by atoms with Gasteiger partial charge < -0.3 is 9.73 Å². The van der Waals surface area contributed by atoms with E-state index in [1.54, 1.807) is 11.8 Å². The maximum atomic E-state index is 5.46. The smallest absolute Gasteiger partial charge is 0.198 e. The second-order valence-electron chi connectivity index (χ2n) is 6.18. The van der Waals surface area contributed by atoms with Gasteiger partial charge in [-0.3, -0.25) is 0 Å². The van der Waals surface area contributed by atoms with Crippen molar-refractivity contribution in [1.29, 1.82) is 0 Å². The second kappa shape index (κ2) is 6.87. The average Bonchev–Trinajstić information content (AvgIpc) is 3.17. The third kappa shape index (κ3) is 3.18. The van der Waals surface area contributed by atoms with Gasteiger partial charge >= 0.3 is 0 Å². The number of rotatable bonds is 5. The molecule has 0 saturated heterocycles. The monoisotopic (exact) mass is 319 g/mol. The molecule has 1 aliphatic rings. The van der Waals surface area contributed by atoms with Gasteiger partial charge in [0.15, 0.2) is 11.6 Å². The van der Waals surface area contributed by atoms with E-state index in [0.29, 0.717) is 11.6 Å². The number of nitrogens with zero attached hydrogens (tertiary/aromatic N) is 2. The van der Waals surface area contributed by atoms with Gasteiger partial charge in [-0.2, -0.15) is 0 Å². The van der Waals surface area contributed by atoms with Gasteiger partial charge in [0.1, 0.15) is 5.82 Å². The number of para-hydroxylation sites is 1. The Kier molecular flexibility index (Phi) is 4.28. The molecule has 24 heavy (non-hydrogen) atoms. The molecule has 0 fully saturated rings. The van der Waals surface area contributed by atoms with Gasteiger partial charge in [-0.15, -0.1) is 0 Å². The van der Waals surface area contributed by atoms with Crippen LogP contribution in [-0.4, -0.2) is 16.5 Å². The lowest BCUT2D eigenvalue weighted by Crippen LogP contribution is -2.07. The quantitative estimate of drug-likeness (QED) is 0.657. The highest BCUT2D eigenvalue weighted by molar-refractivity contribution is 5.90. The van der Waals surface area contributed by atoms with Crippen molar-refractivity contribution >= 4 is 16.7 Å². The second-order valence-corrected chi connectivity index (χ2v) is 6.18. The van der Waals surface area contributed by atoms with Crippen molar-refractivity contribution in [3.05, 3.63) is 54.3 Å². The molecule has 0 saturated carbocycles. The molecule has 1 N–H and O–H groups in total. The third-order valence-corrected chi connectivity index (χ3v) is 4.47. The molecule has 3 aromatic rings. The third-order valence-electron chi connectivity index (χ3n) is 4.47. The largest absolute Gasteiger partial charge is 0.461 e. The summed E-state index contributed by atoms with van der Waals surface area (Å²) in [6.45, 7) is 0.893. The minimum absolute atomic E-state index is 0.623. The van der Waals surface area contributed by atoms with Crippen LogP contribution in [-0.2, 0) is 0 Å². The fraction of sp³-hybridized carbons (Fsp3) is 0.300. The topological polar surface area (TPSA) is 51.0 Å². The zero-order valence-corrected chi connectivity index (χ0v) is 13.7. The van der Waals surface area contributed by atoms with E-state index >= 15 is 0 Å². The van der Waals surface area contributed by atoms with Crippen LogP contribution in [0.2, 0.25) is 0 Å². The summed E-state index contributed by atoms with van der Waals surface area (Å²) in [5, 5.41) is 4.55. The van der Waals surface area contributed by atoms with Crippen molar-refractivity contribution in [2.75, 3.05) is 11.9 Å². The molecule has 4 nitrogen and oxygen atoms in total. The van der Waals surface area contributed by atoms with Crippen molar-refractivity contribution in [2.45, 2.75) is 32.1 Å². The first-order chi connectivity index (χ1) is 11.9. The fourth-order valence-corrected chi connectivity index (χ4v) is 3.20. The number of hydrogen-bond acceptors (Lipinski definition) is 4. The zero-order valence-electron chi connectivity index (χ0n) is 13.7. The maximum absolute atomic E-state index is 5.46. The predicted octanol–water partition coefficient (Wildman–Crippen LogP) is 5.19.